The van der Waals surface area contributed by atoms with Gasteiger partial charge in [-0.1, -0.05) is 0 Å². The molecule has 0 unspecified atom stereocenters. The van der Waals surface area contributed by atoms with Gasteiger partial charge in [0, 0.05) is 0 Å². The summed E-state index contributed by atoms with van der Waals surface area (Å²) in [5.74, 6) is 0.524. The predicted octanol–water partition coefficient (Wildman–Crippen LogP) is 5.07. The molecule has 2 aromatic rings. The van der Waals surface area contributed by atoms with Crippen molar-refractivity contribution in [3.63, 3.8) is 0 Å². The molecule has 0 spiro atoms. The number of aldehydes is 1. The normalized spacial score (nSPS) is 11.2. The van der Waals surface area contributed by atoms with Gasteiger partial charge in [0.25, 0.3) is 0 Å². The number of carbonyl (C=O) groups is 1. The molecular weight excluding hydrogens is 649 g/mol. The van der Waals surface area contributed by atoms with Gasteiger partial charge >= 0.3 is 183 Å². The molecule has 0 saturated carbocycles. The van der Waals surface area contributed by atoms with Gasteiger partial charge in [0.2, 0.25) is 0 Å². The summed E-state index contributed by atoms with van der Waals surface area (Å²) in [6.45, 7) is 0. The standard InChI is InChI=1S/C20H9Br2O3.Hg/c21-12-5-6-18-14(7-12)20(13-4-2-1-3-11(13)10-23)15-8-16(22)17(24)9-19(15)25-18;/h1-5,7-10H;. The fourth-order valence-corrected chi connectivity index (χ4v) is 7.03. The second-order valence-corrected chi connectivity index (χ2v) is 10.6. The van der Waals surface area contributed by atoms with E-state index in [4.69, 9.17) is 4.42 Å². The van der Waals surface area contributed by atoms with Gasteiger partial charge in [-0.15, -0.1) is 0 Å². The summed E-state index contributed by atoms with van der Waals surface area (Å²) in [7, 11) is 0. The summed E-state index contributed by atoms with van der Waals surface area (Å²) >= 11 is 7.22. The van der Waals surface area contributed by atoms with E-state index in [-0.39, 0.29) is 5.43 Å². The van der Waals surface area contributed by atoms with Crippen molar-refractivity contribution in [3.05, 3.63) is 73.3 Å². The molecule has 1 aliphatic heterocycles. The Labute approximate surface area is 182 Å². The molecule has 0 saturated heterocycles. The molecule has 4 rings (SSSR count). The molecule has 3 nitrogen and oxygen atoms in total. The number of hydrogen-bond acceptors (Lipinski definition) is 3. The summed E-state index contributed by atoms with van der Waals surface area (Å²) in [6, 6.07) is 14.8. The van der Waals surface area contributed by atoms with Crippen LogP contribution in [-0.4, -0.2) is 6.29 Å². The van der Waals surface area contributed by atoms with Crippen LogP contribution in [0.5, 0.6) is 0 Å². The number of halogens is 2. The third-order valence-electron chi connectivity index (χ3n) is 4.27. The van der Waals surface area contributed by atoms with Crippen molar-refractivity contribution < 1.29 is 35.3 Å². The van der Waals surface area contributed by atoms with E-state index in [0.29, 0.717) is 41.9 Å². The predicted molar refractivity (Wildman–Crippen MR) is 105 cm³/mol. The number of fused-ring (bicyclic) bond motifs is 2. The van der Waals surface area contributed by atoms with Gasteiger partial charge in [-0.25, -0.2) is 0 Å². The van der Waals surface area contributed by atoms with Crippen molar-refractivity contribution in [3.8, 4) is 22.5 Å². The van der Waals surface area contributed by atoms with Crippen molar-refractivity contribution in [1.29, 1.82) is 0 Å². The summed E-state index contributed by atoms with van der Waals surface area (Å²) in [5.41, 5.74) is 3.77. The van der Waals surface area contributed by atoms with Gasteiger partial charge in [-0.3, -0.25) is 0 Å². The molecule has 2 aliphatic rings. The minimum absolute atomic E-state index is 0.132. The average Bonchev–Trinajstić information content (AvgIpc) is 2.62. The SMILES string of the molecule is O=Cc1ccccc1-c1c2cc(Br)c(=O)cc-2oc2[c]([Hg])cc(Br)cc12. The molecule has 123 valence electrons. The topological polar surface area (TPSA) is 47.3 Å². The van der Waals surface area contributed by atoms with Crippen LogP contribution < -0.4 is 8.50 Å². The van der Waals surface area contributed by atoms with Crippen LogP contribution in [0.4, 0.5) is 0 Å². The number of carbonyl (C=O) groups excluding carboxylic acids is 1. The van der Waals surface area contributed by atoms with Gasteiger partial charge in [-0.05, 0) is 0 Å². The van der Waals surface area contributed by atoms with Crippen LogP contribution in [0.3, 0.4) is 0 Å². The van der Waals surface area contributed by atoms with Crippen molar-refractivity contribution >= 4 is 52.2 Å². The van der Waals surface area contributed by atoms with Gasteiger partial charge in [0.1, 0.15) is 0 Å². The molecule has 1 heterocycles. The Morgan fingerprint density at radius 1 is 1.00 bits per heavy atom. The Bertz CT molecular complexity index is 1210. The van der Waals surface area contributed by atoms with Crippen molar-refractivity contribution in [2.75, 3.05) is 0 Å². The molecule has 6 heteroatoms. The van der Waals surface area contributed by atoms with Gasteiger partial charge in [0.15, 0.2) is 0 Å². The van der Waals surface area contributed by atoms with Crippen LogP contribution in [0.25, 0.3) is 33.4 Å². The Balaban J connectivity index is 2.29. The maximum atomic E-state index is 12.1. The summed E-state index contributed by atoms with van der Waals surface area (Å²) < 4.78 is 8.69. The Morgan fingerprint density at radius 2 is 1.77 bits per heavy atom. The second-order valence-electron chi connectivity index (χ2n) is 5.90. The van der Waals surface area contributed by atoms with E-state index in [1.54, 1.807) is 12.1 Å². The van der Waals surface area contributed by atoms with E-state index < -0.39 is 0 Å². The van der Waals surface area contributed by atoms with Crippen molar-refractivity contribution in [2.45, 2.75) is 0 Å². The van der Waals surface area contributed by atoms with Gasteiger partial charge in [-0.2, -0.15) is 0 Å². The van der Waals surface area contributed by atoms with Crippen LogP contribution >= 0.6 is 31.9 Å². The van der Waals surface area contributed by atoms with Crippen molar-refractivity contribution in [1.82, 2.24) is 0 Å². The second kappa shape index (κ2) is 7.02. The van der Waals surface area contributed by atoms with Crippen LogP contribution in [0, 0.1) is 0 Å². The Morgan fingerprint density at radius 3 is 2.54 bits per heavy atom. The number of benzene rings is 3. The zero-order valence-electron chi connectivity index (χ0n) is 13.4. The first-order valence-electron chi connectivity index (χ1n) is 7.76. The Kier molecular flexibility index (Phi) is 4.88. The summed E-state index contributed by atoms with van der Waals surface area (Å²) in [6.07, 6.45) is 0.858. The molecule has 1 aliphatic carbocycles. The van der Waals surface area contributed by atoms with E-state index >= 15 is 0 Å². The van der Waals surface area contributed by atoms with Crippen LogP contribution in [0.1, 0.15) is 10.4 Å². The first-order valence-corrected chi connectivity index (χ1v) is 12.1. The third-order valence-corrected chi connectivity index (χ3v) is 7.39. The van der Waals surface area contributed by atoms with E-state index in [1.807, 2.05) is 30.3 Å². The van der Waals surface area contributed by atoms with E-state index in [9.17, 15) is 9.59 Å². The fourth-order valence-electron chi connectivity index (χ4n) is 3.14. The molecule has 0 atom stereocenters. The van der Waals surface area contributed by atoms with Gasteiger partial charge < -0.3 is 0 Å². The van der Waals surface area contributed by atoms with Crippen LogP contribution in [0.15, 0.2) is 66.7 Å². The third kappa shape index (κ3) is 3.00. The number of hydrogen-bond donors (Lipinski definition) is 0. The molecule has 0 amide bonds. The van der Waals surface area contributed by atoms with Gasteiger partial charge in [0.05, 0.1) is 0 Å². The van der Waals surface area contributed by atoms with Crippen LogP contribution in [0.2, 0.25) is 0 Å². The summed E-state index contributed by atoms with van der Waals surface area (Å²) in [4.78, 5) is 23.8. The first-order chi connectivity index (χ1) is 12.5. The summed E-state index contributed by atoms with van der Waals surface area (Å²) in [5, 5.41) is 0.928. The maximum absolute atomic E-state index is 12.1. The quantitative estimate of drug-likeness (QED) is 0.172. The monoisotopic (exact) mass is 657 g/mol. The molecule has 0 fully saturated rings. The average molecular weight is 658 g/mol. The zero-order valence-corrected chi connectivity index (χ0v) is 22.1. The van der Waals surface area contributed by atoms with E-state index in [1.165, 1.54) is 6.07 Å². The number of rotatable bonds is 2. The molecule has 2 aromatic carbocycles. The minimum atomic E-state index is -0.132. The molecule has 0 N–H and O–H groups in total. The molecule has 0 radical (unpaired) electrons. The van der Waals surface area contributed by atoms with Crippen molar-refractivity contribution in [2.24, 2.45) is 0 Å². The molecular formula is C20H9Br2HgO3. The first kappa shape index (κ1) is 18.1. The van der Waals surface area contributed by atoms with E-state index in [0.717, 1.165) is 41.5 Å². The fraction of sp³-hybridized carbons (Fsp3) is 0. The van der Waals surface area contributed by atoms with E-state index in [2.05, 4.69) is 31.9 Å². The molecule has 0 aromatic heterocycles. The zero-order chi connectivity index (χ0) is 18.4. The molecule has 0 bridgehead atoms. The van der Waals surface area contributed by atoms with Crippen LogP contribution in [-0.2, 0) is 26.1 Å². The Hall–Kier alpha value is -1.30. The molecule has 26 heavy (non-hydrogen) atoms.